The average Bonchev–Trinajstić information content (AvgIpc) is 2.46. The monoisotopic (exact) mass is 244 g/mol. The van der Waals surface area contributed by atoms with Gasteiger partial charge in [0.05, 0.1) is 11.9 Å². The lowest BCUT2D eigenvalue weighted by atomic mass is 9.93. The maximum absolute atomic E-state index is 8.72. The van der Waals surface area contributed by atoms with Crippen LogP contribution in [0.2, 0.25) is 0 Å². The summed E-state index contributed by atoms with van der Waals surface area (Å²) in [4.78, 5) is 6.49. The Kier molecular flexibility index (Phi) is 4.54. The van der Waals surface area contributed by atoms with Crippen molar-refractivity contribution < 1.29 is 0 Å². The number of aromatic nitrogens is 1. The van der Waals surface area contributed by atoms with E-state index in [4.69, 9.17) is 5.26 Å². The number of piperidine rings is 1. The van der Waals surface area contributed by atoms with Gasteiger partial charge in [-0.2, -0.15) is 5.26 Å². The molecule has 1 aliphatic heterocycles. The molecule has 1 aliphatic rings. The number of rotatable bonds is 4. The molecule has 0 aliphatic carbocycles. The number of hydrogen-bond acceptors (Lipinski definition) is 4. The van der Waals surface area contributed by atoms with Crippen LogP contribution in [0.1, 0.15) is 25.0 Å². The predicted octanol–water partition coefficient (Wildman–Crippen LogP) is 1.78. The molecule has 0 unspecified atom stereocenters. The molecule has 96 valence electrons. The van der Waals surface area contributed by atoms with E-state index in [1.54, 1.807) is 6.07 Å². The van der Waals surface area contributed by atoms with E-state index >= 15 is 0 Å². The lowest BCUT2D eigenvalue weighted by molar-refractivity contribution is 0.378. The van der Waals surface area contributed by atoms with Gasteiger partial charge >= 0.3 is 0 Å². The van der Waals surface area contributed by atoms with E-state index in [0.29, 0.717) is 5.69 Å². The molecule has 0 atom stereocenters. The first-order chi connectivity index (χ1) is 8.83. The quantitative estimate of drug-likeness (QED) is 0.877. The predicted molar refractivity (Wildman–Crippen MR) is 72.4 cm³/mol. The Morgan fingerprint density at radius 1 is 1.44 bits per heavy atom. The van der Waals surface area contributed by atoms with Crippen molar-refractivity contribution in [2.45, 2.75) is 19.3 Å². The van der Waals surface area contributed by atoms with E-state index in [-0.39, 0.29) is 0 Å². The van der Waals surface area contributed by atoms with Gasteiger partial charge in [0.2, 0.25) is 0 Å². The van der Waals surface area contributed by atoms with Crippen molar-refractivity contribution in [2.75, 3.05) is 31.6 Å². The minimum Gasteiger partial charge on any atom is -0.370 e. The SMILES string of the molecule is CNCCC1CCN(c2ccc(C#N)nc2)CC1. The Morgan fingerprint density at radius 3 is 2.78 bits per heavy atom. The zero-order valence-corrected chi connectivity index (χ0v) is 10.9. The molecule has 0 amide bonds. The molecule has 4 nitrogen and oxygen atoms in total. The molecule has 0 saturated carbocycles. The Labute approximate surface area is 109 Å². The number of nitrogens with zero attached hydrogens (tertiary/aromatic N) is 3. The van der Waals surface area contributed by atoms with E-state index in [0.717, 1.165) is 31.2 Å². The van der Waals surface area contributed by atoms with Crippen LogP contribution in [0.15, 0.2) is 18.3 Å². The second-order valence-electron chi connectivity index (χ2n) is 4.84. The summed E-state index contributed by atoms with van der Waals surface area (Å²) in [7, 11) is 2.01. The van der Waals surface area contributed by atoms with Crippen LogP contribution in [0.25, 0.3) is 0 Å². The van der Waals surface area contributed by atoms with Crippen LogP contribution < -0.4 is 10.2 Å². The third-order valence-corrected chi connectivity index (χ3v) is 3.64. The molecule has 0 aromatic carbocycles. The van der Waals surface area contributed by atoms with Gasteiger partial charge in [-0.3, -0.25) is 0 Å². The zero-order chi connectivity index (χ0) is 12.8. The summed E-state index contributed by atoms with van der Waals surface area (Å²) in [5.41, 5.74) is 1.63. The standard InChI is InChI=1S/C14H20N4/c1-16-7-4-12-5-8-18(9-6-12)14-3-2-13(10-15)17-11-14/h2-3,11-12,16H,4-9H2,1H3. The Balaban J connectivity index is 1.87. The largest absolute Gasteiger partial charge is 0.370 e. The van der Waals surface area contributed by atoms with Crippen molar-refractivity contribution in [3.63, 3.8) is 0 Å². The maximum atomic E-state index is 8.72. The molecule has 1 saturated heterocycles. The molecule has 0 bridgehead atoms. The van der Waals surface area contributed by atoms with Crippen molar-refractivity contribution in [2.24, 2.45) is 5.92 Å². The highest BCUT2D eigenvalue weighted by atomic mass is 15.1. The van der Waals surface area contributed by atoms with Gasteiger partial charge in [0.15, 0.2) is 0 Å². The number of nitrogens with one attached hydrogen (secondary N) is 1. The van der Waals surface area contributed by atoms with Gasteiger partial charge in [0, 0.05) is 13.1 Å². The van der Waals surface area contributed by atoms with Gasteiger partial charge in [0.25, 0.3) is 0 Å². The normalized spacial score (nSPS) is 16.6. The summed E-state index contributed by atoms with van der Waals surface area (Å²) in [5, 5.41) is 11.9. The van der Waals surface area contributed by atoms with Crippen LogP contribution in [0.4, 0.5) is 5.69 Å². The smallest absolute Gasteiger partial charge is 0.140 e. The molecule has 0 radical (unpaired) electrons. The number of nitriles is 1. The first kappa shape index (κ1) is 12.8. The number of pyridine rings is 1. The van der Waals surface area contributed by atoms with E-state index in [2.05, 4.69) is 21.3 Å². The van der Waals surface area contributed by atoms with Crippen molar-refractivity contribution >= 4 is 5.69 Å². The van der Waals surface area contributed by atoms with Gasteiger partial charge in [-0.1, -0.05) is 0 Å². The van der Waals surface area contributed by atoms with Crippen LogP contribution in [0, 0.1) is 17.2 Å². The topological polar surface area (TPSA) is 52.0 Å². The van der Waals surface area contributed by atoms with Gasteiger partial charge in [-0.05, 0) is 50.9 Å². The fourth-order valence-electron chi connectivity index (χ4n) is 2.47. The molecule has 2 rings (SSSR count). The molecule has 1 N–H and O–H groups in total. The van der Waals surface area contributed by atoms with Crippen LogP contribution in [-0.4, -0.2) is 31.7 Å². The number of anilines is 1. The fourth-order valence-corrected chi connectivity index (χ4v) is 2.47. The van der Waals surface area contributed by atoms with Crippen LogP contribution in [-0.2, 0) is 0 Å². The van der Waals surface area contributed by atoms with Crippen LogP contribution >= 0.6 is 0 Å². The van der Waals surface area contributed by atoms with Crippen molar-refractivity contribution in [1.82, 2.24) is 10.3 Å². The molecule has 1 aromatic rings. The minimum absolute atomic E-state index is 0.489. The average molecular weight is 244 g/mol. The van der Waals surface area contributed by atoms with E-state index < -0.39 is 0 Å². The number of hydrogen-bond donors (Lipinski definition) is 1. The molecule has 2 heterocycles. The molecule has 18 heavy (non-hydrogen) atoms. The Morgan fingerprint density at radius 2 is 2.22 bits per heavy atom. The van der Waals surface area contributed by atoms with E-state index in [9.17, 15) is 0 Å². The molecular weight excluding hydrogens is 224 g/mol. The summed E-state index contributed by atoms with van der Waals surface area (Å²) in [6, 6.07) is 5.84. The Bertz CT molecular complexity index is 399. The first-order valence-electron chi connectivity index (χ1n) is 6.59. The highest BCUT2D eigenvalue weighted by Crippen LogP contribution is 2.24. The Hall–Kier alpha value is -1.60. The third-order valence-electron chi connectivity index (χ3n) is 3.64. The first-order valence-corrected chi connectivity index (χ1v) is 6.59. The molecule has 1 fully saturated rings. The fraction of sp³-hybridized carbons (Fsp3) is 0.571. The molecular formula is C14H20N4. The van der Waals surface area contributed by atoms with Crippen LogP contribution in [0.3, 0.4) is 0 Å². The summed E-state index contributed by atoms with van der Waals surface area (Å²) in [5.74, 6) is 0.847. The van der Waals surface area contributed by atoms with Crippen molar-refractivity contribution in [3.05, 3.63) is 24.0 Å². The molecule has 0 spiro atoms. The lowest BCUT2D eigenvalue weighted by Gasteiger charge is -2.33. The molecule has 4 heteroatoms. The van der Waals surface area contributed by atoms with Crippen LogP contribution in [0.5, 0.6) is 0 Å². The van der Waals surface area contributed by atoms with Gasteiger partial charge < -0.3 is 10.2 Å². The van der Waals surface area contributed by atoms with E-state index in [1.165, 1.54) is 19.3 Å². The third kappa shape index (κ3) is 3.21. The minimum atomic E-state index is 0.489. The van der Waals surface area contributed by atoms with Gasteiger partial charge in [-0.15, -0.1) is 0 Å². The van der Waals surface area contributed by atoms with Crippen molar-refractivity contribution in [1.29, 1.82) is 5.26 Å². The summed E-state index contributed by atoms with van der Waals surface area (Å²) in [6.45, 7) is 3.31. The highest BCUT2D eigenvalue weighted by Gasteiger charge is 2.19. The molecule has 1 aromatic heterocycles. The second kappa shape index (κ2) is 6.36. The summed E-state index contributed by atoms with van der Waals surface area (Å²) < 4.78 is 0. The summed E-state index contributed by atoms with van der Waals surface area (Å²) >= 11 is 0. The maximum Gasteiger partial charge on any atom is 0.140 e. The zero-order valence-electron chi connectivity index (χ0n) is 10.9. The van der Waals surface area contributed by atoms with Gasteiger partial charge in [-0.25, -0.2) is 4.98 Å². The second-order valence-corrected chi connectivity index (χ2v) is 4.84. The van der Waals surface area contributed by atoms with Gasteiger partial charge in [0.1, 0.15) is 11.8 Å². The van der Waals surface area contributed by atoms with E-state index in [1.807, 2.05) is 19.3 Å². The lowest BCUT2D eigenvalue weighted by Crippen LogP contribution is -2.34. The highest BCUT2D eigenvalue weighted by molar-refractivity contribution is 5.46. The summed E-state index contributed by atoms with van der Waals surface area (Å²) in [6.07, 6.45) is 5.59. The van der Waals surface area contributed by atoms with Crippen molar-refractivity contribution in [3.8, 4) is 6.07 Å².